The molecule has 0 aliphatic carbocycles. The molecule has 0 saturated carbocycles. The fraction of sp³-hybridized carbons (Fsp3) is 0.267. The Labute approximate surface area is 118 Å². The molecule has 0 bridgehead atoms. The number of aromatic nitrogens is 1. The minimum absolute atomic E-state index is 0.597. The van der Waals surface area contributed by atoms with Crippen molar-refractivity contribution in [3.8, 4) is 11.6 Å². The van der Waals surface area contributed by atoms with Crippen molar-refractivity contribution in [2.75, 3.05) is 6.54 Å². The molecule has 2 aromatic rings. The van der Waals surface area contributed by atoms with Crippen molar-refractivity contribution in [2.24, 2.45) is 0 Å². The Morgan fingerprint density at radius 2 is 1.89 bits per heavy atom. The van der Waals surface area contributed by atoms with Gasteiger partial charge in [-0.05, 0) is 43.3 Å². The molecule has 0 saturated heterocycles. The lowest BCUT2D eigenvalue weighted by Gasteiger charge is -2.09. The van der Waals surface area contributed by atoms with E-state index in [0.717, 1.165) is 24.5 Å². The molecule has 100 valence electrons. The van der Waals surface area contributed by atoms with Gasteiger partial charge in [-0.1, -0.05) is 24.6 Å². The van der Waals surface area contributed by atoms with E-state index in [1.165, 1.54) is 5.56 Å². The fourth-order valence-corrected chi connectivity index (χ4v) is 1.82. The first-order chi connectivity index (χ1) is 9.19. The van der Waals surface area contributed by atoms with Crippen molar-refractivity contribution >= 4 is 11.6 Å². The summed E-state index contributed by atoms with van der Waals surface area (Å²) >= 11 is 5.83. The summed E-state index contributed by atoms with van der Waals surface area (Å²) in [6.45, 7) is 5.85. The Bertz CT molecular complexity index is 540. The minimum atomic E-state index is 0.597. The van der Waals surface area contributed by atoms with Crippen molar-refractivity contribution in [3.63, 3.8) is 0 Å². The van der Waals surface area contributed by atoms with E-state index < -0.39 is 0 Å². The second kappa shape index (κ2) is 6.55. The maximum atomic E-state index is 5.83. The molecular weight excluding hydrogens is 260 g/mol. The fourth-order valence-electron chi connectivity index (χ4n) is 1.69. The van der Waals surface area contributed by atoms with Gasteiger partial charge in [0.25, 0.3) is 0 Å². The summed E-state index contributed by atoms with van der Waals surface area (Å²) in [7, 11) is 0. The van der Waals surface area contributed by atoms with Gasteiger partial charge in [-0.2, -0.15) is 0 Å². The molecule has 1 N–H and O–H groups in total. The molecule has 0 spiro atoms. The SMILES string of the molecule is CCNCc1ccc(Oc2ccc(Cl)cc2)nc1C. The standard InChI is InChI=1S/C15H17ClN2O/c1-3-17-10-12-4-9-15(18-11(12)2)19-14-7-5-13(16)6-8-14/h4-9,17H,3,10H2,1-2H3. The zero-order chi connectivity index (χ0) is 13.7. The summed E-state index contributed by atoms with van der Waals surface area (Å²) < 4.78 is 5.68. The molecule has 19 heavy (non-hydrogen) atoms. The monoisotopic (exact) mass is 276 g/mol. The van der Waals surface area contributed by atoms with Crippen LogP contribution in [0.4, 0.5) is 0 Å². The van der Waals surface area contributed by atoms with Crippen molar-refractivity contribution in [2.45, 2.75) is 20.4 Å². The molecule has 1 aromatic carbocycles. The van der Waals surface area contributed by atoms with Crippen LogP contribution in [-0.4, -0.2) is 11.5 Å². The van der Waals surface area contributed by atoms with E-state index in [-0.39, 0.29) is 0 Å². The Balaban J connectivity index is 2.09. The van der Waals surface area contributed by atoms with Gasteiger partial charge in [0.05, 0.1) is 0 Å². The van der Waals surface area contributed by atoms with Crippen LogP contribution in [0.2, 0.25) is 5.02 Å². The Hall–Kier alpha value is -1.58. The maximum Gasteiger partial charge on any atom is 0.219 e. The van der Waals surface area contributed by atoms with E-state index in [4.69, 9.17) is 16.3 Å². The number of rotatable bonds is 5. The van der Waals surface area contributed by atoms with Gasteiger partial charge in [-0.15, -0.1) is 0 Å². The Morgan fingerprint density at radius 1 is 1.16 bits per heavy atom. The number of hydrogen-bond donors (Lipinski definition) is 1. The van der Waals surface area contributed by atoms with Crippen molar-refractivity contribution < 1.29 is 4.74 Å². The number of aryl methyl sites for hydroxylation is 1. The van der Waals surface area contributed by atoms with E-state index in [2.05, 4.69) is 17.2 Å². The lowest BCUT2D eigenvalue weighted by Crippen LogP contribution is -2.13. The third kappa shape index (κ3) is 3.94. The molecule has 4 heteroatoms. The van der Waals surface area contributed by atoms with E-state index in [1.54, 1.807) is 12.1 Å². The van der Waals surface area contributed by atoms with Crippen molar-refractivity contribution in [3.05, 3.63) is 52.7 Å². The van der Waals surface area contributed by atoms with E-state index in [1.807, 2.05) is 31.2 Å². The van der Waals surface area contributed by atoms with Crippen LogP contribution in [-0.2, 0) is 6.54 Å². The number of nitrogens with one attached hydrogen (secondary N) is 1. The van der Waals surface area contributed by atoms with Gasteiger partial charge in [0.1, 0.15) is 5.75 Å². The second-order valence-corrected chi connectivity index (χ2v) is 4.67. The normalized spacial score (nSPS) is 10.5. The molecule has 1 aromatic heterocycles. The molecular formula is C15H17ClN2O. The summed E-state index contributed by atoms with van der Waals surface area (Å²) in [4.78, 5) is 4.45. The zero-order valence-corrected chi connectivity index (χ0v) is 11.9. The van der Waals surface area contributed by atoms with Crippen LogP contribution in [0.25, 0.3) is 0 Å². The third-order valence-electron chi connectivity index (χ3n) is 2.77. The number of hydrogen-bond acceptors (Lipinski definition) is 3. The molecule has 0 unspecified atom stereocenters. The van der Waals surface area contributed by atoms with Crippen LogP contribution in [0.1, 0.15) is 18.2 Å². The van der Waals surface area contributed by atoms with Crippen LogP contribution in [0, 0.1) is 6.92 Å². The predicted octanol–water partition coefficient (Wildman–Crippen LogP) is 3.95. The van der Waals surface area contributed by atoms with Crippen LogP contribution in [0.15, 0.2) is 36.4 Å². The molecule has 0 aliphatic heterocycles. The van der Waals surface area contributed by atoms with Crippen LogP contribution in [0.5, 0.6) is 11.6 Å². The summed E-state index contributed by atoms with van der Waals surface area (Å²) in [6, 6.07) is 11.2. The highest BCUT2D eigenvalue weighted by atomic mass is 35.5. The van der Waals surface area contributed by atoms with E-state index in [0.29, 0.717) is 10.9 Å². The molecule has 0 aliphatic rings. The topological polar surface area (TPSA) is 34.1 Å². The highest BCUT2D eigenvalue weighted by molar-refractivity contribution is 6.30. The minimum Gasteiger partial charge on any atom is -0.439 e. The number of halogens is 1. The smallest absolute Gasteiger partial charge is 0.219 e. The summed E-state index contributed by atoms with van der Waals surface area (Å²) in [5.41, 5.74) is 2.16. The Kier molecular flexibility index (Phi) is 4.77. The number of nitrogens with zero attached hydrogens (tertiary/aromatic N) is 1. The van der Waals surface area contributed by atoms with Gasteiger partial charge >= 0.3 is 0 Å². The summed E-state index contributed by atoms with van der Waals surface area (Å²) in [6.07, 6.45) is 0. The van der Waals surface area contributed by atoms with Gasteiger partial charge in [-0.25, -0.2) is 4.98 Å². The van der Waals surface area contributed by atoms with Crippen LogP contribution in [0.3, 0.4) is 0 Å². The van der Waals surface area contributed by atoms with Crippen LogP contribution < -0.4 is 10.1 Å². The van der Waals surface area contributed by atoms with Gasteiger partial charge < -0.3 is 10.1 Å². The summed E-state index contributed by atoms with van der Waals surface area (Å²) in [5.74, 6) is 1.33. The molecule has 2 rings (SSSR count). The first kappa shape index (κ1) is 13.8. The average molecular weight is 277 g/mol. The van der Waals surface area contributed by atoms with Crippen LogP contribution >= 0.6 is 11.6 Å². The van der Waals surface area contributed by atoms with E-state index >= 15 is 0 Å². The third-order valence-corrected chi connectivity index (χ3v) is 3.02. The number of pyridine rings is 1. The summed E-state index contributed by atoms with van der Waals surface area (Å²) in [5, 5.41) is 3.98. The van der Waals surface area contributed by atoms with Crippen molar-refractivity contribution in [1.82, 2.24) is 10.3 Å². The highest BCUT2D eigenvalue weighted by Crippen LogP contribution is 2.22. The van der Waals surface area contributed by atoms with Gasteiger partial charge in [0, 0.05) is 23.3 Å². The second-order valence-electron chi connectivity index (χ2n) is 4.23. The molecule has 0 fully saturated rings. The molecule has 0 radical (unpaired) electrons. The largest absolute Gasteiger partial charge is 0.439 e. The zero-order valence-electron chi connectivity index (χ0n) is 11.1. The highest BCUT2D eigenvalue weighted by Gasteiger charge is 2.03. The number of benzene rings is 1. The van der Waals surface area contributed by atoms with Gasteiger partial charge in [0.15, 0.2) is 0 Å². The average Bonchev–Trinajstić information content (AvgIpc) is 2.41. The molecule has 0 amide bonds. The molecule has 3 nitrogen and oxygen atoms in total. The van der Waals surface area contributed by atoms with Crippen molar-refractivity contribution in [1.29, 1.82) is 0 Å². The maximum absolute atomic E-state index is 5.83. The van der Waals surface area contributed by atoms with Gasteiger partial charge in [-0.3, -0.25) is 0 Å². The first-order valence-corrected chi connectivity index (χ1v) is 6.67. The quantitative estimate of drug-likeness (QED) is 0.898. The predicted molar refractivity (Wildman–Crippen MR) is 77.9 cm³/mol. The lowest BCUT2D eigenvalue weighted by molar-refractivity contribution is 0.461. The first-order valence-electron chi connectivity index (χ1n) is 6.29. The Morgan fingerprint density at radius 3 is 2.53 bits per heavy atom. The molecule has 1 heterocycles. The van der Waals surface area contributed by atoms with E-state index in [9.17, 15) is 0 Å². The van der Waals surface area contributed by atoms with Gasteiger partial charge in [0.2, 0.25) is 5.88 Å². The molecule has 0 atom stereocenters. The number of ether oxygens (including phenoxy) is 1. The lowest BCUT2D eigenvalue weighted by atomic mass is 10.2.